The van der Waals surface area contributed by atoms with Crippen LogP contribution in [-0.4, -0.2) is 38.2 Å². The summed E-state index contributed by atoms with van der Waals surface area (Å²) in [6, 6.07) is 0. The van der Waals surface area contributed by atoms with Crippen molar-refractivity contribution in [2.45, 2.75) is 6.92 Å². The number of methoxy groups -OCH3 is 1. The Morgan fingerprint density at radius 1 is 1.43 bits per heavy atom. The van der Waals surface area contributed by atoms with E-state index >= 15 is 0 Å². The molecule has 0 bridgehead atoms. The molecule has 0 atom stereocenters. The Hall–Kier alpha value is -1.19. The van der Waals surface area contributed by atoms with Gasteiger partial charge in [-0.1, -0.05) is 0 Å². The fraction of sp³-hybridized carbons (Fsp3) is 0.222. The van der Waals surface area contributed by atoms with Crippen molar-refractivity contribution in [3.05, 3.63) is 26.5 Å². The minimum atomic E-state index is -0.277. The van der Waals surface area contributed by atoms with Gasteiger partial charge >= 0.3 is 85.9 Å². The molecule has 0 radical (unpaired) electrons. The number of aryl methyl sites for hydroxylation is 1. The van der Waals surface area contributed by atoms with E-state index in [2.05, 4.69) is 4.98 Å². The van der Waals surface area contributed by atoms with Gasteiger partial charge in [-0.25, -0.2) is 0 Å². The van der Waals surface area contributed by atoms with E-state index in [-0.39, 0.29) is 37.5 Å². The molecule has 0 N–H and O–H groups in total. The van der Waals surface area contributed by atoms with Crippen LogP contribution >= 0.6 is 0 Å². The third kappa shape index (κ3) is 1.25. The van der Waals surface area contributed by atoms with Crippen LogP contribution in [0.3, 0.4) is 0 Å². The summed E-state index contributed by atoms with van der Waals surface area (Å²) >= 11 is -0.0855. The molecule has 1 aliphatic carbocycles. The van der Waals surface area contributed by atoms with Gasteiger partial charge in [0.2, 0.25) is 0 Å². The zero-order valence-corrected chi connectivity index (χ0v) is 9.37. The van der Waals surface area contributed by atoms with Crippen LogP contribution in [0.15, 0.2) is 11.8 Å². The summed E-state index contributed by atoms with van der Waals surface area (Å²) in [6.45, 7) is 1.82. The van der Waals surface area contributed by atoms with E-state index in [0.717, 1.165) is 4.57 Å². The zero-order valence-electron chi connectivity index (χ0n) is 7.66. The molecular weight excluding hydrogens is 249 g/mol. The normalized spacial score (nSPS) is 15.1. The number of hydrogen-bond acceptors (Lipinski definition) is 4. The standard InChI is InChI=1S/C9H7NO3Se/c1-4-10-7-8(12)6(13-2)3-5(11)9(7)14-4/h3H,1-2H3. The second-order valence-corrected chi connectivity index (χ2v) is 5.34. The molecule has 0 saturated carbocycles. The number of ketones is 2. The number of fused-ring (bicyclic) bond motifs is 1. The van der Waals surface area contributed by atoms with Crippen molar-refractivity contribution in [2.24, 2.45) is 0 Å². The molecule has 4 nitrogen and oxygen atoms in total. The molecule has 0 saturated heterocycles. The molecule has 2 rings (SSSR count). The van der Waals surface area contributed by atoms with Crippen molar-refractivity contribution in [1.29, 1.82) is 0 Å². The fourth-order valence-electron chi connectivity index (χ4n) is 1.27. The third-order valence-corrected chi connectivity index (χ3v) is 3.95. The van der Waals surface area contributed by atoms with Gasteiger partial charge in [-0.2, -0.15) is 0 Å². The van der Waals surface area contributed by atoms with Gasteiger partial charge in [0, 0.05) is 0 Å². The molecule has 0 fully saturated rings. The van der Waals surface area contributed by atoms with Crippen LogP contribution in [-0.2, 0) is 4.74 Å². The molecule has 0 amide bonds. The number of ether oxygens (including phenoxy) is 1. The number of nitrogens with zero attached hydrogens (tertiary/aromatic N) is 1. The monoisotopic (exact) mass is 257 g/mol. The van der Waals surface area contributed by atoms with E-state index in [9.17, 15) is 9.59 Å². The van der Waals surface area contributed by atoms with Gasteiger partial charge < -0.3 is 0 Å². The number of hydrogen-bond donors (Lipinski definition) is 0. The Morgan fingerprint density at radius 2 is 2.14 bits per heavy atom. The molecule has 0 aliphatic heterocycles. The van der Waals surface area contributed by atoms with Crippen molar-refractivity contribution in [1.82, 2.24) is 4.98 Å². The van der Waals surface area contributed by atoms with E-state index in [4.69, 9.17) is 4.74 Å². The first kappa shape index (κ1) is 9.37. The molecule has 72 valence electrons. The van der Waals surface area contributed by atoms with E-state index < -0.39 is 0 Å². The summed E-state index contributed by atoms with van der Waals surface area (Å²) in [4.78, 5) is 27.2. The van der Waals surface area contributed by atoms with Crippen LogP contribution in [0, 0.1) is 6.92 Å². The van der Waals surface area contributed by atoms with Crippen LogP contribution in [0.25, 0.3) is 0 Å². The summed E-state index contributed by atoms with van der Waals surface area (Å²) in [5.74, 6) is -0.333. The molecule has 14 heavy (non-hydrogen) atoms. The van der Waals surface area contributed by atoms with Crippen LogP contribution in [0.5, 0.6) is 0 Å². The van der Waals surface area contributed by atoms with E-state index in [1.54, 1.807) is 0 Å². The third-order valence-electron chi connectivity index (χ3n) is 1.88. The zero-order chi connectivity index (χ0) is 10.3. The summed E-state index contributed by atoms with van der Waals surface area (Å²) in [7, 11) is 1.37. The first-order chi connectivity index (χ1) is 6.63. The topological polar surface area (TPSA) is 56.3 Å². The van der Waals surface area contributed by atoms with Crippen molar-refractivity contribution in [3.8, 4) is 0 Å². The molecule has 0 aromatic carbocycles. The van der Waals surface area contributed by atoms with E-state index in [1.807, 2.05) is 6.92 Å². The Morgan fingerprint density at radius 3 is 2.79 bits per heavy atom. The number of carbonyl (C=O) groups excluding carboxylic acids is 2. The number of Topliss-reactive ketones (excluding diaryl/α,β-unsaturated/α-hetero) is 1. The maximum atomic E-state index is 11.6. The maximum absolute atomic E-state index is 11.6. The van der Waals surface area contributed by atoms with E-state index in [1.165, 1.54) is 13.2 Å². The van der Waals surface area contributed by atoms with Gasteiger partial charge in [-0.15, -0.1) is 0 Å². The average Bonchev–Trinajstić information content (AvgIpc) is 2.54. The van der Waals surface area contributed by atoms with Crippen LogP contribution in [0.4, 0.5) is 0 Å². The van der Waals surface area contributed by atoms with Gasteiger partial charge in [0.25, 0.3) is 0 Å². The predicted molar refractivity (Wildman–Crippen MR) is 49.7 cm³/mol. The van der Waals surface area contributed by atoms with Crippen molar-refractivity contribution in [2.75, 3.05) is 7.11 Å². The second kappa shape index (κ2) is 3.19. The number of allylic oxidation sites excluding steroid dienone is 2. The van der Waals surface area contributed by atoms with Crippen LogP contribution in [0.2, 0.25) is 0 Å². The van der Waals surface area contributed by atoms with Crippen molar-refractivity contribution in [3.63, 3.8) is 0 Å². The van der Waals surface area contributed by atoms with Crippen LogP contribution in [0.1, 0.15) is 24.3 Å². The fourth-order valence-corrected chi connectivity index (χ4v) is 3.00. The molecule has 1 heterocycles. The quantitative estimate of drug-likeness (QED) is 0.680. The van der Waals surface area contributed by atoms with Crippen LogP contribution < -0.4 is 0 Å². The Bertz CT molecular complexity index is 459. The number of carbonyl (C=O) groups is 2. The first-order valence-electron chi connectivity index (χ1n) is 3.95. The summed E-state index contributed by atoms with van der Waals surface area (Å²) in [5.41, 5.74) is 0.284. The average molecular weight is 256 g/mol. The number of rotatable bonds is 1. The van der Waals surface area contributed by atoms with Crippen molar-refractivity contribution < 1.29 is 14.3 Å². The Kier molecular flexibility index (Phi) is 2.13. The summed E-state index contributed by atoms with van der Waals surface area (Å²) in [5, 5.41) is 0. The van der Waals surface area contributed by atoms with E-state index in [0.29, 0.717) is 4.44 Å². The first-order valence-corrected chi connectivity index (χ1v) is 5.67. The SMILES string of the molecule is COC1=CC(=O)c2[se]c(C)nc2C1=O. The second-order valence-electron chi connectivity index (χ2n) is 2.82. The molecule has 0 spiro atoms. The summed E-state index contributed by atoms with van der Waals surface area (Å²) in [6.07, 6.45) is 1.25. The molecule has 1 aromatic heterocycles. The molecular formula is C9H7NO3Se. The Balaban J connectivity index is 2.59. The van der Waals surface area contributed by atoms with Gasteiger partial charge in [-0.3, -0.25) is 0 Å². The molecule has 1 aromatic rings. The molecule has 0 unspecified atom stereocenters. The van der Waals surface area contributed by atoms with Gasteiger partial charge in [0.05, 0.1) is 0 Å². The van der Waals surface area contributed by atoms with Gasteiger partial charge in [0.15, 0.2) is 0 Å². The summed E-state index contributed by atoms with van der Waals surface area (Å²) < 4.78 is 6.22. The predicted octanol–water partition coefficient (Wildman–Crippen LogP) is 0.356. The Labute approximate surface area is 86.3 Å². The molecule has 1 aliphatic rings. The minimum absolute atomic E-state index is 0.0855. The van der Waals surface area contributed by atoms with Crippen molar-refractivity contribution >= 4 is 26.1 Å². The number of aromatic nitrogens is 1. The molecule has 5 heteroatoms. The van der Waals surface area contributed by atoms with Gasteiger partial charge in [-0.05, 0) is 0 Å². The van der Waals surface area contributed by atoms with Gasteiger partial charge in [0.1, 0.15) is 0 Å².